The highest BCUT2D eigenvalue weighted by molar-refractivity contribution is 7.18. The maximum atomic E-state index is 14.8. The number of imidazole rings is 1. The molecule has 0 radical (unpaired) electrons. The molecule has 8 nitrogen and oxygen atoms in total. The van der Waals surface area contributed by atoms with Crippen molar-refractivity contribution in [2.24, 2.45) is 0 Å². The number of alkyl halides is 1. The van der Waals surface area contributed by atoms with Crippen molar-refractivity contribution in [1.29, 1.82) is 0 Å². The van der Waals surface area contributed by atoms with Crippen LogP contribution in [-0.4, -0.2) is 54.6 Å². The van der Waals surface area contributed by atoms with Crippen molar-refractivity contribution in [3.63, 3.8) is 0 Å². The second kappa shape index (κ2) is 7.43. The smallest absolute Gasteiger partial charge is 0.166 e. The van der Waals surface area contributed by atoms with Crippen LogP contribution in [0.25, 0.3) is 33.6 Å². The van der Waals surface area contributed by atoms with E-state index in [0.29, 0.717) is 49.2 Å². The van der Waals surface area contributed by atoms with Crippen LogP contribution in [0.15, 0.2) is 18.5 Å². The summed E-state index contributed by atoms with van der Waals surface area (Å²) >= 11 is 0. The van der Waals surface area contributed by atoms with Gasteiger partial charge in [-0.05, 0) is 31.4 Å². The molecule has 6 heterocycles. The van der Waals surface area contributed by atoms with Crippen molar-refractivity contribution < 1.29 is 9.13 Å². The van der Waals surface area contributed by atoms with E-state index in [1.165, 1.54) is 5.56 Å². The number of halogens is 1. The summed E-state index contributed by atoms with van der Waals surface area (Å²) in [6, 6.07) is 2.10. The van der Waals surface area contributed by atoms with Crippen LogP contribution >= 0.6 is 9.24 Å². The first kappa shape index (κ1) is 21.9. The van der Waals surface area contributed by atoms with Crippen LogP contribution in [0.2, 0.25) is 0 Å². The summed E-state index contributed by atoms with van der Waals surface area (Å²) in [6.45, 7) is 10.4. The first-order valence-electron chi connectivity index (χ1n) is 11.8. The number of nitrogens with zero attached hydrogens (tertiary/aromatic N) is 6. The average molecular weight is 482 g/mol. The zero-order valence-electron chi connectivity index (χ0n) is 19.9. The molecule has 4 aromatic heterocycles. The highest BCUT2D eigenvalue weighted by Crippen LogP contribution is 2.39. The molecule has 2 atom stereocenters. The third kappa shape index (κ3) is 3.40. The molecule has 0 aromatic carbocycles. The van der Waals surface area contributed by atoms with Crippen molar-refractivity contribution in [1.82, 2.24) is 29.5 Å². The lowest BCUT2D eigenvalue weighted by atomic mass is 10.0. The summed E-state index contributed by atoms with van der Waals surface area (Å²) in [5.74, 6) is 2.41. The number of hydrogen-bond acceptors (Lipinski definition) is 6. The Hall–Kier alpha value is -2.64. The maximum Gasteiger partial charge on any atom is 0.166 e. The van der Waals surface area contributed by atoms with E-state index in [0.717, 1.165) is 28.1 Å². The zero-order valence-corrected chi connectivity index (χ0v) is 21.0. The van der Waals surface area contributed by atoms with Crippen LogP contribution in [0, 0.1) is 0 Å². The molecular weight excluding hydrogens is 452 g/mol. The highest BCUT2D eigenvalue weighted by atomic mass is 31.0. The highest BCUT2D eigenvalue weighted by Gasteiger charge is 2.38. The normalized spacial score (nSPS) is 22.3. The van der Waals surface area contributed by atoms with Gasteiger partial charge in [0.05, 0.1) is 13.2 Å². The Morgan fingerprint density at radius 1 is 1.21 bits per heavy atom. The van der Waals surface area contributed by atoms with Crippen LogP contribution < -0.4 is 4.90 Å². The lowest BCUT2D eigenvalue weighted by molar-refractivity contribution is -0.0530. The molecular formula is C24H29FN7OP. The number of nitrogens with one attached hydrogen (secondary N) is 1. The van der Waals surface area contributed by atoms with E-state index >= 15 is 0 Å². The van der Waals surface area contributed by atoms with E-state index in [-0.39, 0.29) is 6.54 Å². The molecule has 10 heteroatoms. The fraction of sp³-hybridized carbons (Fsp3) is 0.500. The predicted octanol–water partition coefficient (Wildman–Crippen LogP) is 4.51. The Labute approximate surface area is 199 Å². The van der Waals surface area contributed by atoms with Gasteiger partial charge in [-0.2, -0.15) is 0 Å². The van der Waals surface area contributed by atoms with E-state index in [2.05, 4.69) is 43.7 Å². The fourth-order valence-corrected chi connectivity index (χ4v) is 5.41. The van der Waals surface area contributed by atoms with Gasteiger partial charge >= 0.3 is 0 Å². The minimum atomic E-state index is -1.34. The van der Waals surface area contributed by atoms with Gasteiger partial charge in [0.15, 0.2) is 22.8 Å². The average Bonchev–Trinajstić information content (AvgIpc) is 3.47. The first-order valence-corrected chi connectivity index (χ1v) is 12.3. The van der Waals surface area contributed by atoms with E-state index in [1.54, 1.807) is 6.20 Å². The molecule has 0 amide bonds. The van der Waals surface area contributed by atoms with Crippen LogP contribution in [-0.2, 0) is 16.9 Å². The number of anilines is 1. The number of ether oxygens (including phenoxy) is 1. The van der Waals surface area contributed by atoms with Gasteiger partial charge in [-0.15, -0.1) is 0 Å². The number of rotatable bonds is 3. The van der Waals surface area contributed by atoms with Crippen molar-refractivity contribution in [2.45, 2.75) is 57.6 Å². The van der Waals surface area contributed by atoms with Crippen LogP contribution in [0.5, 0.6) is 0 Å². The lowest BCUT2D eigenvalue weighted by Crippen LogP contribution is -2.33. The zero-order chi connectivity index (χ0) is 23.8. The van der Waals surface area contributed by atoms with Gasteiger partial charge in [0, 0.05) is 42.9 Å². The standard InChI is InChI=1S/C24H29FN7OP/c1-13(2)16-11-27-19-15(16)9-14(10-26-19)18-29-20(31-6-5-24(25,34)12-31)17-21(30-18)32-7-8-33-23(3,4)22(32)28-17/h9-11,13H,5-8,12,34H2,1-4H3,(H,26,27). The largest absolute Gasteiger partial charge is 0.366 e. The number of fused-ring (bicyclic) bond motifs is 4. The molecule has 2 unspecified atom stereocenters. The van der Waals surface area contributed by atoms with Crippen molar-refractivity contribution >= 4 is 37.3 Å². The summed E-state index contributed by atoms with van der Waals surface area (Å²) in [4.78, 5) is 24.7. The predicted molar refractivity (Wildman–Crippen MR) is 134 cm³/mol. The van der Waals surface area contributed by atoms with Crippen molar-refractivity contribution in [2.75, 3.05) is 24.6 Å². The molecule has 0 saturated carbocycles. The molecule has 1 N–H and O–H groups in total. The molecule has 6 rings (SSSR count). The molecule has 0 aliphatic carbocycles. The first-order chi connectivity index (χ1) is 16.1. The maximum absolute atomic E-state index is 14.8. The van der Waals surface area contributed by atoms with Crippen molar-refractivity contribution in [3.8, 4) is 11.4 Å². The van der Waals surface area contributed by atoms with Crippen LogP contribution in [0.3, 0.4) is 0 Å². The van der Waals surface area contributed by atoms with Crippen LogP contribution in [0.4, 0.5) is 10.2 Å². The second-order valence-electron chi connectivity index (χ2n) is 10.2. The van der Waals surface area contributed by atoms with Gasteiger partial charge in [-0.25, -0.2) is 24.3 Å². The van der Waals surface area contributed by atoms with Gasteiger partial charge in [0.25, 0.3) is 0 Å². The van der Waals surface area contributed by atoms with E-state index < -0.39 is 11.0 Å². The van der Waals surface area contributed by atoms with E-state index in [4.69, 9.17) is 19.7 Å². The molecule has 1 fully saturated rings. The van der Waals surface area contributed by atoms with E-state index in [1.807, 2.05) is 24.9 Å². The van der Waals surface area contributed by atoms with Gasteiger partial charge in [-0.1, -0.05) is 23.1 Å². The number of hydrogen-bond donors (Lipinski definition) is 1. The number of H-pyrrole nitrogens is 1. The Balaban J connectivity index is 1.58. The Bertz CT molecular complexity index is 1420. The monoisotopic (exact) mass is 481 g/mol. The number of aromatic amines is 1. The van der Waals surface area contributed by atoms with Gasteiger partial charge in [0.1, 0.15) is 22.5 Å². The number of pyridine rings is 1. The molecule has 1 saturated heterocycles. The third-order valence-corrected chi connectivity index (χ3v) is 7.36. The Morgan fingerprint density at radius 2 is 2.03 bits per heavy atom. The molecule has 178 valence electrons. The summed E-state index contributed by atoms with van der Waals surface area (Å²) in [7, 11) is 2.35. The quantitative estimate of drug-likeness (QED) is 0.434. The molecule has 2 aliphatic heterocycles. The topological polar surface area (TPSA) is 84.8 Å². The molecule has 0 spiro atoms. The SMILES string of the molecule is CC(C)c1c[nH]c2ncc(-c3nc(N4CCC(F)(P)C4)c4nc5n(c4n3)CCOC5(C)C)cc12. The van der Waals surface area contributed by atoms with Gasteiger partial charge in [0.2, 0.25) is 0 Å². The molecule has 34 heavy (non-hydrogen) atoms. The summed E-state index contributed by atoms with van der Waals surface area (Å²) in [5, 5.41) is -0.270. The molecule has 4 aromatic rings. The Morgan fingerprint density at radius 3 is 2.76 bits per heavy atom. The summed E-state index contributed by atoms with van der Waals surface area (Å²) in [5.41, 5.74) is 3.79. The van der Waals surface area contributed by atoms with E-state index in [9.17, 15) is 4.39 Å². The Kier molecular flexibility index (Phi) is 4.78. The fourth-order valence-electron chi connectivity index (χ4n) is 5.06. The lowest BCUT2D eigenvalue weighted by Gasteiger charge is -2.30. The van der Waals surface area contributed by atoms with Gasteiger partial charge in [-0.3, -0.25) is 0 Å². The van der Waals surface area contributed by atoms with Gasteiger partial charge < -0.3 is 19.2 Å². The summed E-state index contributed by atoms with van der Waals surface area (Å²) < 4.78 is 22.9. The molecule has 2 aliphatic rings. The number of aromatic nitrogens is 6. The second-order valence-corrected chi connectivity index (χ2v) is 11.2. The minimum absolute atomic E-state index is 0.248. The molecule has 0 bridgehead atoms. The third-order valence-electron chi connectivity index (χ3n) is 6.89. The van der Waals surface area contributed by atoms with Crippen LogP contribution in [0.1, 0.15) is 51.4 Å². The van der Waals surface area contributed by atoms with Crippen molar-refractivity contribution in [3.05, 3.63) is 29.8 Å². The minimum Gasteiger partial charge on any atom is -0.366 e. The summed E-state index contributed by atoms with van der Waals surface area (Å²) in [6.07, 6.45) is 4.24.